The van der Waals surface area contributed by atoms with Crippen LogP contribution in [-0.2, 0) is 0 Å². The Bertz CT molecular complexity index is 265. The SMILES string of the molecule is BrC1(Oc2ccccc2)CCCC1. The zero-order valence-corrected chi connectivity index (χ0v) is 9.09. The number of hydrogen-bond acceptors (Lipinski definition) is 1. The summed E-state index contributed by atoms with van der Waals surface area (Å²) in [6.45, 7) is 0. The van der Waals surface area contributed by atoms with Gasteiger partial charge in [0.2, 0.25) is 0 Å². The van der Waals surface area contributed by atoms with Crippen molar-refractivity contribution in [3.63, 3.8) is 0 Å². The second-order valence-electron chi connectivity index (χ2n) is 3.51. The maximum absolute atomic E-state index is 5.88. The van der Waals surface area contributed by atoms with Crippen LogP contribution < -0.4 is 4.74 Å². The van der Waals surface area contributed by atoms with Crippen LogP contribution >= 0.6 is 15.9 Å². The molecule has 0 saturated heterocycles. The molecule has 1 aliphatic rings. The Morgan fingerprint density at radius 2 is 1.69 bits per heavy atom. The predicted octanol–water partition coefficient (Wildman–Crippen LogP) is 3.73. The molecule has 1 fully saturated rings. The van der Waals surface area contributed by atoms with E-state index < -0.39 is 0 Å². The average Bonchev–Trinajstić information content (AvgIpc) is 2.54. The molecule has 0 spiro atoms. The molecule has 1 saturated carbocycles. The molecule has 0 radical (unpaired) electrons. The largest absolute Gasteiger partial charge is 0.476 e. The molecule has 1 aromatic rings. The summed E-state index contributed by atoms with van der Waals surface area (Å²) < 4.78 is 5.79. The molecule has 0 aromatic heterocycles. The van der Waals surface area contributed by atoms with Crippen LogP contribution in [0.15, 0.2) is 30.3 Å². The van der Waals surface area contributed by atoms with E-state index >= 15 is 0 Å². The zero-order chi connectivity index (χ0) is 9.15. The van der Waals surface area contributed by atoms with Gasteiger partial charge in [0.25, 0.3) is 0 Å². The summed E-state index contributed by atoms with van der Waals surface area (Å²) in [4.78, 5) is 0. The number of benzene rings is 1. The fourth-order valence-electron chi connectivity index (χ4n) is 1.70. The Labute approximate surface area is 87.2 Å². The summed E-state index contributed by atoms with van der Waals surface area (Å²) in [6.07, 6.45) is 4.75. The number of halogens is 1. The van der Waals surface area contributed by atoms with Gasteiger partial charge < -0.3 is 4.74 Å². The Balaban J connectivity index is 2.05. The fraction of sp³-hybridized carbons (Fsp3) is 0.455. The minimum Gasteiger partial charge on any atom is -0.476 e. The highest BCUT2D eigenvalue weighted by Crippen LogP contribution is 2.39. The summed E-state index contributed by atoms with van der Waals surface area (Å²) >= 11 is 3.66. The van der Waals surface area contributed by atoms with E-state index in [-0.39, 0.29) is 4.51 Å². The average molecular weight is 241 g/mol. The highest BCUT2D eigenvalue weighted by atomic mass is 79.9. The van der Waals surface area contributed by atoms with Crippen molar-refractivity contribution < 1.29 is 4.74 Å². The van der Waals surface area contributed by atoms with Crippen molar-refractivity contribution in [3.05, 3.63) is 30.3 Å². The first-order valence-electron chi connectivity index (χ1n) is 4.72. The standard InChI is InChI=1S/C11H13BrO/c12-11(8-4-5-9-11)13-10-6-2-1-3-7-10/h1-3,6-7H,4-5,8-9H2. The molecule has 1 aromatic carbocycles. The van der Waals surface area contributed by atoms with E-state index in [1.165, 1.54) is 12.8 Å². The van der Waals surface area contributed by atoms with Crippen LogP contribution in [0.3, 0.4) is 0 Å². The lowest BCUT2D eigenvalue weighted by Crippen LogP contribution is -2.23. The lowest BCUT2D eigenvalue weighted by Gasteiger charge is -2.23. The topological polar surface area (TPSA) is 9.23 Å². The minimum absolute atomic E-state index is 0.0889. The van der Waals surface area contributed by atoms with E-state index in [1.54, 1.807) is 0 Å². The molecule has 1 aliphatic carbocycles. The maximum Gasteiger partial charge on any atom is 0.163 e. The van der Waals surface area contributed by atoms with Gasteiger partial charge in [0, 0.05) is 0 Å². The van der Waals surface area contributed by atoms with Crippen LogP contribution in [0, 0.1) is 0 Å². The van der Waals surface area contributed by atoms with Crippen LogP contribution in [0.4, 0.5) is 0 Å². The number of alkyl halides is 1. The number of ether oxygens (including phenoxy) is 1. The van der Waals surface area contributed by atoms with Crippen molar-refractivity contribution in [2.24, 2.45) is 0 Å². The third-order valence-corrected chi connectivity index (χ3v) is 3.35. The van der Waals surface area contributed by atoms with Crippen LogP contribution in [-0.4, -0.2) is 4.51 Å². The van der Waals surface area contributed by atoms with Crippen molar-refractivity contribution in [3.8, 4) is 5.75 Å². The van der Waals surface area contributed by atoms with E-state index in [2.05, 4.69) is 15.9 Å². The normalized spacial score (nSPS) is 20.1. The third kappa shape index (κ3) is 2.25. The van der Waals surface area contributed by atoms with Gasteiger partial charge in [-0.1, -0.05) is 18.2 Å². The Hall–Kier alpha value is -0.500. The van der Waals surface area contributed by atoms with Gasteiger partial charge in [-0.3, -0.25) is 0 Å². The first kappa shape index (κ1) is 9.07. The van der Waals surface area contributed by atoms with Crippen LogP contribution in [0.25, 0.3) is 0 Å². The number of rotatable bonds is 2. The molecular weight excluding hydrogens is 228 g/mol. The summed E-state index contributed by atoms with van der Waals surface area (Å²) in [6, 6.07) is 10.0. The van der Waals surface area contributed by atoms with Gasteiger partial charge in [-0.05, 0) is 53.7 Å². The van der Waals surface area contributed by atoms with E-state index in [4.69, 9.17) is 4.74 Å². The van der Waals surface area contributed by atoms with E-state index in [0.717, 1.165) is 18.6 Å². The fourth-order valence-corrected chi connectivity index (χ4v) is 2.45. The van der Waals surface area contributed by atoms with Gasteiger partial charge >= 0.3 is 0 Å². The quantitative estimate of drug-likeness (QED) is 0.717. The maximum atomic E-state index is 5.88. The molecule has 0 aliphatic heterocycles. The Kier molecular flexibility index (Phi) is 2.58. The number of para-hydroxylation sites is 1. The predicted molar refractivity (Wildman–Crippen MR) is 57.2 cm³/mol. The Morgan fingerprint density at radius 1 is 1.08 bits per heavy atom. The first-order chi connectivity index (χ1) is 6.29. The summed E-state index contributed by atoms with van der Waals surface area (Å²) in [5.74, 6) is 0.960. The minimum atomic E-state index is -0.0889. The third-order valence-electron chi connectivity index (χ3n) is 2.39. The zero-order valence-electron chi connectivity index (χ0n) is 7.50. The summed E-state index contributed by atoms with van der Waals surface area (Å²) in [5.41, 5.74) is 0. The van der Waals surface area contributed by atoms with Gasteiger partial charge in [0.05, 0.1) is 0 Å². The van der Waals surface area contributed by atoms with E-state index in [9.17, 15) is 0 Å². The molecular formula is C11H13BrO. The van der Waals surface area contributed by atoms with E-state index in [1.807, 2.05) is 30.3 Å². The molecule has 0 unspecified atom stereocenters. The lowest BCUT2D eigenvalue weighted by atomic mass is 10.3. The number of hydrogen-bond donors (Lipinski definition) is 0. The van der Waals surface area contributed by atoms with Crippen LogP contribution in [0.2, 0.25) is 0 Å². The van der Waals surface area contributed by atoms with Crippen molar-refractivity contribution in [1.29, 1.82) is 0 Å². The lowest BCUT2D eigenvalue weighted by molar-refractivity contribution is 0.181. The molecule has 0 heterocycles. The molecule has 0 bridgehead atoms. The molecule has 1 nitrogen and oxygen atoms in total. The van der Waals surface area contributed by atoms with Gasteiger partial charge in [0.15, 0.2) is 4.51 Å². The molecule has 0 N–H and O–H groups in total. The van der Waals surface area contributed by atoms with Crippen LogP contribution in [0.5, 0.6) is 5.75 Å². The summed E-state index contributed by atoms with van der Waals surface area (Å²) in [7, 11) is 0. The van der Waals surface area contributed by atoms with Gasteiger partial charge in [-0.25, -0.2) is 0 Å². The Morgan fingerprint density at radius 3 is 2.31 bits per heavy atom. The van der Waals surface area contributed by atoms with Crippen LogP contribution in [0.1, 0.15) is 25.7 Å². The van der Waals surface area contributed by atoms with Gasteiger partial charge in [-0.15, -0.1) is 0 Å². The van der Waals surface area contributed by atoms with Gasteiger partial charge in [0.1, 0.15) is 5.75 Å². The molecule has 13 heavy (non-hydrogen) atoms. The summed E-state index contributed by atoms with van der Waals surface area (Å²) in [5, 5.41) is 0. The second-order valence-corrected chi connectivity index (χ2v) is 4.95. The van der Waals surface area contributed by atoms with Crippen molar-refractivity contribution >= 4 is 15.9 Å². The van der Waals surface area contributed by atoms with Crippen molar-refractivity contribution in [1.82, 2.24) is 0 Å². The molecule has 2 rings (SSSR count). The first-order valence-corrected chi connectivity index (χ1v) is 5.51. The van der Waals surface area contributed by atoms with Crippen molar-refractivity contribution in [2.75, 3.05) is 0 Å². The monoisotopic (exact) mass is 240 g/mol. The molecule has 0 atom stereocenters. The molecule has 70 valence electrons. The molecule has 0 amide bonds. The highest BCUT2D eigenvalue weighted by Gasteiger charge is 2.32. The van der Waals surface area contributed by atoms with Gasteiger partial charge in [-0.2, -0.15) is 0 Å². The molecule has 2 heteroatoms. The van der Waals surface area contributed by atoms with Crippen molar-refractivity contribution in [2.45, 2.75) is 30.2 Å². The van der Waals surface area contributed by atoms with E-state index in [0.29, 0.717) is 0 Å². The highest BCUT2D eigenvalue weighted by molar-refractivity contribution is 9.10. The second kappa shape index (κ2) is 3.70. The smallest absolute Gasteiger partial charge is 0.163 e.